The number of carbonyl (C=O) groups is 1. The maximum atomic E-state index is 12.9. The van der Waals surface area contributed by atoms with Crippen molar-refractivity contribution in [3.8, 4) is 23.0 Å². The monoisotopic (exact) mass is 387 g/mol. The standard InChI is InChI=1S/C20H21NO7/c1-12-10-21(19(22)13-4-7-16-18(8-13)26-11-25-16)28-20(27-12)14-5-6-15(23-2)17(9-14)24-3/h4-9,12,20H,10-11H2,1-3H3/t12-,20+/m0/s1. The van der Waals surface area contributed by atoms with Crippen LogP contribution in [0.4, 0.5) is 0 Å². The van der Waals surface area contributed by atoms with Crippen molar-refractivity contribution in [3.63, 3.8) is 0 Å². The Balaban J connectivity index is 1.55. The van der Waals surface area contributed by atoms with E-state index in [1.165, 1.54) is 5.06 Å². The number of amides is 1. The molecule has 2 atom stereocenters. The minimum Gasteiger partial charge on any atom is -0.493 e. The second-order valence-corrected chi connectivity index (χ2v) is 6.43. The van der Waals surface area contributed by atoms with Gasteiger partial charge in [0.15, 0.2) is 23.0 Å². The molecule has 0 saturated carbocycles. The number of methoxy groups -OCH3 is 2. The van der Waals surface area contributed by atoms with E-state index < -0.39 is 6.29 Å². The van der Waals surface area contributed by atoms with Gasteiger partial charge in [-0.25, -0.2) is 9.90 Å². The molecule has 28 heavy (non-hydrogen) atoms. The summed E-state index contributed by atoms with van der Waals surface area (Å²) in [5.41, 5.74) is 1.16. The summed E-state index contributed by atoms with van der Waals surface area (Å²) >= 11 is 0. The predicted molar refractivity (Wildman–Crippen MR) is 97.5 cm³/mol. The number of rotatable bonds is 4. The molecule has 148 valence electrons. The molecular weight excluding hydrogens is 366 g/mol. The molecule has 1 fully saturated rings. The van der Waals surface area contributed by atoms with Gasteiger partial charge >= 0.3 is 0 Å². The number of benzene rings is 2. The van der Waals surface area contributed by atoms with Gasteiger partial charge in [-0.3, -0.25) is 4.79 Å². The Morgan fingerprint density at radius 3 is 2.61 bits per heavy atom. The average molecular weight is 387 g/mol. The van der Waals surface area contributed by atoms with Gasteiger partial charge in [-0.1, -0.05) is 0 Å². The first-order valence-electron chi connectivity index (χ1n) is 8.84. The third-order valence-corrected chi connectivity index (χ3v) is 4.53. The molecule has 8 nitrogen and oxygen atoms in total. The van der Waals surface area contributed by atoms with Crippen molar-refractivity contribution in [2.75, 3.05) is 27.6 Å². The van der Waals surface area contributed by atoms with E-state index >= 15 is 0 Å². The fraction of sp³-hybridized carbons (Fsp3) is 0.350. The lowest BCUT2D eigenvalue weighted by atomic mass is 10.1. The van der Waals surface area contributed by atoms with Crippen LogP contribution in [0.2, 0.25) is 0 Å². The molecule has 2 aromatic carbocycles. The molecule has 0 radical (unpaired) electrons. The summed E-state index contributed by atoms with van der Waals surface area (Å²) in [4.78, 5) is 18.8. The van der Waals surface area contributed by atoms with Crippen LogP contribution in [0.1, 0.15) is 29.1 Å². The molecule has 4 rings (SSSR count). The summed E-state index contributed by atoms with van der Waals surface area (Å²) in [6, 6.07) is 10.4. The molecule has 1 saturated heterocycles. The summed E-state index contributed by atoms with van der Waals surface area (Å²) in [5, 5.41) is 1.31. The Labute approximate surface area is 162 Å². The van der Waals surface area contributed by atoms with Gasteiger partial charge in [-0.05, 0) is 43.3 Å². The molecule has 2 aliphatic rings. The van der Waals surface area contributed by atoms with Crippen molar-refractivity contribution in [3.05, 3.63) is 47.5 Å². The SMILES string of the molecule is COc1ccc([C@@H]2O[C@@H](C)CN(C(=O)c3ccc4c(c3)OCO4)O2)cc1OC. The number of nitrogens with zero attached hydrogens (tertiary/aromatic N) is 1. The molecule has 0 spiro atoms. The van der Waals surface area contributed by atoms with E-state index in [9.17, 15) is 4.79 Å². The van der Waals surface area contributed by atoms with Crippen molar-refractivity contribution in [2.45, 2.75) is 19.3 Å². The number of ether oxygens (including phenoxy) is 5. The minimum atomic E-state index is -0.749. The lowest BCUT2D eigenvalue weighted by Crippen LogP contribution is -2.44. The summed E-state index contributed by atoms with van der Waals surface area (Å²) < 4.78 is 27.1. The summed E-state index contributed by atoms with van der Waals surface area (Å²) in [6.45, 7) is 2.34. The van der Waals surface area contributed by atoms with Crippen molar-refractivity contribution < 1.29 is 33.3 Å². The van der Waals surface area contributed by atoms with Gasteiger partial charge in [0, 0.05) is 11.1 Å². The average Bonchev–Trinajstić information content (AvgIpc) is 3.20. The molecule has 0 unspecified atom stereocenters. The zero-order valence-electron chi connectivity index (χ0n) is 15.8. The highest BCUT2D eigenvalue weighted by molar-refractivity contribution is 5.94. The van der Waals surface area contributed by atoms with Gasteiger partial charge in [0.1, 0.15) is 0 Å². The van der Waals surface area contributed by atoms with Crippen molar-refractivity contribution in [2.24, 2.45) is 0 Å². The predicted octanol–water partition coefficient (Wildman–Crippen LogP) is 2.92. The Hall–Kier alpha value is -2.97. The number of fused-ring (bicyclic) bond motifs is 1. The highest BCUT2D eigenvalue weighted by atomic mass is 16.8. The molecule has 1 amide bonds. The normalized spacial score (nSPS) is 20.8. The zero-order chi connectivity index (χ0) is 19.7. The van der Waals surface area contributed by atoms with E-state index in [2.05, 4.69) is 0 Å². The molecular formula is C20H21NO7. The van der Waals surface area contributed by atoms with Crippen LogP contribution in [0, 0.1) is 0 Å². The van der Waals surface area contributed by atoms with Gasteiger partial charge in [0.25, 0.3) is 5.91 Å². The van der Waals surface area contributed by atoms with Crippen LogP contribution >= 0.6 is 0 Å². The van der Waals surface area contributed by atoms with E-state index in [0.717, 1.165) is 0 Å². The van der Waals surface area contributed by atoms with Gasteiger partial charge in [0.05, 0.1) is 26.9 Å². The van der Waals surface area contributed by atoms with Crippen LogP contribution in [-0.2, 0) is 9.57 Å². The quantitative estimate of drug-likeness (QED) is 0.798. The summed E-state index contributed by atoms with van der Waals surface area (Å²) in [6.07, 6.45) is -0.966. The van der Waals surface area contributed by atoms with Gasteiger partial charge in [0.2, 0.25) is 13.1 Å². The molecule has 0 N–H and O–H groups in total. The van der Waals surface area contributed by atoms with Gasteiger partial charge < -0.3 is 23.7 Å². The van der Waals surface area contributed by atoms with E-state index in [1.807, 2.05) is 13.0 Å². The van der Waals surface area contributed by atoms with Crippen molar-refractivity contribution in [1.29, 1.82) is 0 Å². The number of hydroxylamine groups is 2. The Kier molecular flexibility index (Phi) is 4.97. The van der Waals surface area contributed by atoms with Crippen LogP contribution in [0.3, 0.4) is 0 Å². The summed E-state index contributed by atoms with van der Waals surface area (Å²) in [7, 11) is 3.13. The van der Waals surface area contributed by atoms with E-state index in [-0.39, 0.29) is 18.8 Å². The van der Waals surface area contributed by atoms with Crippen molar-refractivity contribution in [1.82, 2.24) is 5.06 Å². The Morgan fingerprint density at radius 2 is 1.82 bits per heavy atom. The van der Waals surface area contributed by atoms with Gasteiger partial charge in [-0.15, -0.1) is 0 Å². The molecule has 0 aliphatic carbocycles. The molecule has 2 aliphatic heterocycles. The smallest absolute Gasteiger partial charge is 0.277 e. The largest absolute Gasteiger partial charge is 0.493 e. The molecule has 0 bridgehead atoms. The highest BCUT2D eigenvalue weighted by Crippen LogP contribution is 2.36. The van der Waals surface area contributed by atoms with Crippen LogP contribution in [-0.4, -0.2) is 44.6 Å². The second-order valence-electron chi connectivity index (χ2n) is 6.43. The van der Waals surface area contributed by atoms with Crippen LogP contribution in [0.5, 0.6) is 23.0 Å². The fourth-order valence-corrected chi connectivity index (χ4v) is 3.11. The Morgan fingerprint density at radius 1 is 1.04 bits per heavy atom. The lowest BCUT2D eigenvalue weighted by Gasteiger charge is -2.36. The maximum Gasteiger partial charge on any atom is 0.277 e. The fourth-order valence-electron chi connectivity index (χ4n) is 3.11. The molecule has 2 heterocycles. The van der Waals surface area contributed by atoms with Crippen molar-refractivity contribution >= 4 is 5.91 Å². The number of hydrogen-bond donors (Lipinski definition) is 0. The van der Waals surface area contributed by atoms with Crippen LogP contribution in [0.25, 0.3) is 0 Å². The van der Waals surface area contributed by atoms with Crippen LogP contribution < -0.4 is 18.9 Å². The first-order valence-corrected chi connectivity index (χ1v) is 8.84. The molecule has 0 aromatic heterocycles. The maximum absolute atomic E-state index is 12.9. The highest BCUT2D eigenvalue weighted by Gasteiger charge is 2.32. The first-order chi connectivity index (χ1) is 13.6. The van der Waals surface area contributed by atoms with E-state index in [4.69, 9.17) is 28.5 Å². The zero-order valence-corrected chi connectivity index (χ0v) is 15.8. The topological polar surface area (TPSA) is 75.7 Å². The molecule has 8 heteroatoms. The molecule has 2 aromatic rings. The van der Waals surface area contributed by atoms with E-state index in [1.54, 1.807) is 44.6 Å². The summed E-state index contributed by atoms with van der Waals surface area (Å²) in [5.74, 6) is 2.04. The first kappa shape index (κ1) is 18.4. The number of carbonyl (C=O) groups excluding carboxylic acids is 1. The third kappa shape index (κ3) is 3.44. The van der Waals surface area contributed by atoms with E-state index in [0.29, 0.717) is 40.7 Å². The minimum absolute atomic E-state index is 0.152. The lowest BCUT2D eigenvalue weighted by molar-refractivity contribution is -0.320. The third-order valence-electron chi connectivity index (χ3n) is 4.53. The van der Waals surface area contributed by atoms with Crippen LogP contribution in [0.15, 0.2) is 36.4 Å². The number of hydrogen-bond acceptors (Lipinski definition) is 7. The van der Waals surface area contributed by atoms with Gasteiger partial charge in [-0.2, -0.15) is 0 Å². The Bertz CT molecular complexity index is 885. The second kappa shape index (κ2) is 7.57.